The quantitative estimate of drug-likeness (QED) is 0.932. The summed E-state index contributed by atoms with van der Waals surface area (Å²) >= 11 is 0. The average molecular weight is 310 g/mol. The zero-order valence-corrected chi connectivity index (χ0v) is 13.6. The molecule has 0 aliphatic carbocycles. The van der Waals surface area contributed by atoms with Crippen molar-refractivity contribution in [3.05, 3.63) is 53.6 Å². The van der Waals surface area contributed by atoms with Gasteiger partial charge in [0.15, 0.2) is 0 Å². The van der Waals surface area contributed by atoms with Gasteiger partial charge in [-0.3, -0.25) is 4.79 Å². The highest BCUT2D eigenvalue weighted by atomic mass is 16.5. The van der Waals surface area contributed by atoms with E-state index in [4.69, 9.17) is 4.74 Å². The van der Waals surface area contributed by atoms with Gasteiger partial charge in [-0.25, -0.2) is 0 Å². The number of hydrogen-bond donors (Lipinski definition) is 1. The molecule has 120 valence electrons. The lowest BCUT2D eigenvalue weighted by molar-refractivity contribution is 0.102. The minimum absolute atomic E-state index is 0.153. The largest absolute Gasteiger partial charge is 0.496 e. The molecule has 0 bridgehead atoms. The Kier molecular flexibility index (Phi) is 4.51. The Morgan fingerprint density at radius 2 is 1.78 bits per heavy atom. The number of carbonyl (C=O) groups is 1. The summed E-state index contributed by atoms with van der Waals surface area (Å²) in [4.78, 5) is 14.9. The van der Waals surface area contributed by atoms with Crippen LogP contribution in [0.25, 0.3) is 0 Å². The van der Waals surface area contributed by atoms with E-state index in [9.17, 15) is 4.79 Å². The number of anilines is 2. The highest BCUT2D eigenvalue weighted by molar-refractivity contribution is 6.06. The van der Waals surface area contributed by atoms with Crippen LogP contribution >= 0.6 is 0 Å². The smallest absolute Gasteiger partial charge is 0.259 e. The number of nitrogens with zero attached hydrogens (tertiary/aromatic N) is 1. The van der Waals surface area contributed by atoms with Crippen molar-refractivity contribution in [3.63, 3.8) is 0 Å². The maximum atomic E-state index is 12.5. The molecule has 1 fully saturated rings. The molecule has 0 radical (unpaired) electrons. The van der Waals surface area contributed by atoms with Crippen molar-refractivity contribution >= 4 is 17.3 Å². The maximum absolute atomic E-state index is 12.5. The molecule has 4 nitrogen and oxygen atoms in total. The summed E-state index contributed by atoms with van der Waals surface area (Å²) < 4.78 is 5.35. The molecule has 0 spiro atoms. The van der Waals surface area contributed by atoms with Crippen LogP contribution in [0.1, 0.15) is 28.8 Å². The van der Waals surface area contributed by atoms with Gasteiger partial charge in [-0.05, 0) is 55.7 Å². The molecule has 1 amide bonds. The van der Waals surface area contributed by atoms with E-state index in [1.54, 1.807) is 13.2 Å². The van der Waals surface area contributed by atoms with E-state index in [0.717, 1.165) is 24.3 Å². The molecule has 0 aromatic heterocycles. The Morgan fingerprint density at radius 1 is 1.09 bits per heavy atom. The molecule has 0 saturated carbocycles. The van der Waals surface area contributed by atoms with Gasteiger partial charge in [0.1, 0.15) is 5.75 Å². The summed E-state index contributed by atoms with van der Waals surface area (Å²) in [6.07, 6.45) is 2.51. The van der Waals surface area contributed by atoms with Gasteiger partial charge in [0.2, 0.25) is 0 Å². The SMILES string of the molecule is COc1c(C)cccc1C(=O)Nc1ccc(N2CCCC2)cc1. The summed E-state index contributed by atoms with van der Waals surface area (Å²) in [7, 11) is 1.59. The van der Waals surface area contributed by atoms with E-state index in [1.165, 1.54) is 18.5 Å². The highest BCUT2D eigenvalue weighted by Crippen LogP contribution is 2.25. The maximum Gasteiger partial charge on any atom is 0.259 e. The predicted molar refractivity (Wildman–Crippen MR) is 93.6 cm³/mol. The first-order valence-electron chi connectivity index (χ1n) is 7.99. The summed E-state index contributed by atoms with van der Waals surface area (Å²) in [5.41, 5.74) is 3.51. The minimum Gasteiger partial charge on any atom is -0.496 e. The number of rotatable bonds is 4. The molecular weight excluding hydrogens is 288 g/mol. The molecule has 0 atom stereocenters. The van der Waals surface area contributed by atoms with Crippen LogP contribution in [-0.2, 0) is 0 Å². The second-order valence-corrected chi connectivity index (χ2v) is 5.85. The van der Waals surface area contributed by atoms with E-state index in [2.05, 4.69) is 22.3 Å². The first kappa shape index (κ1) is 15.4. The van der Waals surface area contributed by atoms with E-state index < -0.39 is 0 Å². The second-order valence-electron chi connectivity index (χ2n) is 5.85. The molecule has 4 heteroatoms. The van der Waals surface area contributed by atoms with E-state index in [0.29, 0.717) is 11.3 Å². The van der Waals surface area contributed by atoms with Gasteiger partial charge in [-0.1, -0.05) is 12.1 Å². The van der Waals surface area contributed by atoms with Gasteiger partial charge in [0.25, 0.3) is 5.91 Å². The number of para-hydroxylation sites is 1. The third-order valence-corrected chi connectivity index (χ3v) is 4.26. The number of amides is 1. The number of methoxy groups -OCH3 is 1. The van der Waals surface area contributed by atoms with Crippen molar-refractivity contribution < 1.29 is 9.53 Å². The molecule has 1 heterocycles. The fourth-order valence-corrected chi connectivity index (χ4v) is 3.03. The third kappa shape index (κ3) is 3.31. The van der Waals surface area contributed by atoms with Crippen LogP contribution in [0.2, 0.25) is 0 Å². The monoisotopic (exact) mass is 310 g/mol. The van der Waals surface area contributed by atoms with Gasteiger partial charge >= 0.3 is 0 Å². The van der Waals surface area contributed by atoms with Crippen LogP contribution in [-0.4, -0.2) is 26.1 Å². The number of benzene rings is 2. The summed E-state index contributed by atoms with van der Waals surface area (Å²) in [5.74, 6) is 0.471. The fourth-order valence-electron chi connectivity index (χ4n) is 3.03. The topological polar surface area (TPSA) is 41.6 Å². The Morgan fingerprint density at radius 3 is 2.43 bits per heavy atom. The zero-order chi connectivity index (χ0) is 16.2. The molecule has 1 aliphatic rings. The van der Waals surface area contributed by atoms with Crippen LogP contribution in [0.15, 0.2) is 42.5 Å². The number of ether oxygens (including phenoxy) is 1. The van der Waals surface area contributed by atoms with E-state index in [1.807, 2.05) is 31.2 Å². The fraction of sp³-hybridized carbons (Fsp3) is 0.316. The molecule has 1 aliphatic heterocycles. The Balaban J connectivity index is 1.74. The number of aryl methyl sites for hydroxylation is 1. The standard InChI is InChI=1S/C19H22N2O2/c1-14-6-5-7-17(18(14)23-2)19(22)20-15-8-10-16(11-9-15)21-12-3-4-13-21/h5-11H,3-4,12-13H2,1-2H3,(H,20,22). The Hall–Kier alpha value is -2.49. The van der Waals surface area contributed by atoms with Crippen molar-refractivity contribution in [2.45, 2.75) is 19.8 Å². The van der Waals surface area contributed by atoms with Crippen LogP contribution < -0.4 is 15.0 Å². The van der Waals surface area contributed by atoms with Gasteiger partial charge in [-0.15, -0.1) is 0 Å². The molecular formula is C19H22N2O2. The Labute approximate surface area is 137 Å². The van der Waals surface area contributed by atoms with Gasteiger partial charge in [0, 0.05) is 24.5 Å². The van der Waals surface area contributed by atoms with Crippen LogP contribution in [0.5, 0.6) is 5.75 Å². The molecule has 2 aromatic carbocycles. The lowest BCUT2D eigenvalue weighted by atomic mass is 10.1. The van der Waals surface area contributed by atoms with Crippen molar-refractivity contribution in [1.82, 2.24) is 0 Å². The predicted octanol–water partition coefficient (Wildman–Crippen LogP) is 3.86. The molecule has 23 heavy (non-hydrogen) atoms. The first-order valence-corrected chi connectivity index (χ1v) is 7.99. The lowest BCUT2D eigenvalue weighted by Crippen LogP contribution is -2.17. The first-order chi connectivity index (χ1) is 11.2. The van der Waals surface area contributed by atoms with Crippen LogP contribution in [0.3, 0.4) is 0 Å². The van der Waals surface area contributed by atoms with Crippen molar-refractivity contribution in [3.8, 4) is 5.75 Å². The normalized spacial score (nSPS) is 13.9. The third-order valence-electron chi connectivity index (χ3n) is 4.26. The van der Waals surface area contributed by atoms with Gasteiger partial charge < -0.3 is 15.0 Å². The molecule has 0 unspecified atom stereocenters. The number of hydrogen-bond acceptors (Lipinski definition) is 3. The van der Waals surface area contributed by atoms with Crippen molar-refractivity contribution in [2.24, 2.45) is 0 Å². The highest BCUT2D eigenvalue weighted by Gasteiger charge is 2.15. The molecule has 3 rings (SSSR count). The van der Waals surface area contributed by atoms with E-state index in [-0.39, 0.29) is 5.91 Å². The van der Waals surface area contributed by atoms with Crippen molar-refractivity contribution in [2.75, 3.05) is 30.4 Å². The molecule has 1 saturated heterocycles. The number of nitrogens with one attached hydrogen (secondary N) is 1. The van der Waals surface area contributed by atoms with Crippen LogP contribution in [0, 0.1) is 6.92 Å². The minimum atomic E-state index is -0.153. The van der Waals surface area contributed by atoms with Gasteiger partial charge in [-0.2, -0.15) is 0 Å². The number of carbonyl (C=O) groups excluding carboxylic acids is 1. The summed E-state index contributed by atoms with van der Waals surface area (Å²) in [5, 5.41) is 2.94. The van der Waals surface area contributed by atoms with Crippen LogP contribution in [0.4, 0.5) is 11.4 Å². The second kappa shape index (κ2) is 6.73. The molecule has 2 aromatic rings. The average Bonchev–Trinajstić information content (AvgIpc) is 3.09. The Bertz CT molecular complexity index is 689. The summed E-state index contributed by atoms with van der Waals surface area (Å²) in [6, 6.07) is 13.6. The summed E-state index contributed by atoms with van der Waals surface area (Å²) in [6.45, 7) is 4.17. The zero-order valence-electron chi connectivity index (χ0n) is 13.6. The van der Waals surface area contributed by atoms with Crippen molar-refractivity contribution in [1.29, 1.82) is 0 Å². The molecule has 1 N–H and O–H groups in total. The van der Waals surface area contributed by atoms with Gasteiger partial charge in [0.05, 0.1) is 12.7 Å². The van der Waals surface area contributed by atoms with E-state index >= 15 is 0 Å². The lowest BCUT2D eigenvalue weighted by Gasteiger charge is -2.18.